The standard InChI is InChI=1S/C22H26ClFN4O4S/c1-13-25-27-28(26-13)22-8-14-3-15(9-22)7-21(6-14,11-22)12-32-20-5-18(24)16(4-17(20)23)19(29)10-33(2,30)31/h4-5,14-15H,3,6-12H2,1-2H3. The van der Waals surface area contributed by atoms with Gasteiger partial charge in [-0.15, -0.1) is 10.2 Å². The molecule has 4 saturated carbocycles. The van der Waals surface area contributed by atoms with Gasteiger partial charge in [0, 0.05) is 17.7 Å². The molecule has 1 aromatic heterocycles. The summed E-state index contributed by atoms with van der Waals surface area (Å²) >= 11 is 6.30. The molecule has 0 amide bonds. The molecule has 0 radical (unpaired) electrons. The van der Waals surface area contributed by atoms with Crippen LogP contribution in [0.5, 0.6) is 5.75 Å². The minimum atomic E-state index is -3.58. The fourth-order valence-corrected chi connectivity index (χ4v) is 7.54. The van der Waals surface area contributed by atoms with Crippen LogP contribution in [0.25, 0.3) is 0 Å². The van der Waals surface area contributed by atoms with E-state index in [1.165, 1.54) is 6.42 Å². The number of Topliss-reactive ketones (excluding diaryl/α,β-unsaturated/α-hetero) is 1. The van der Waals surface area contributed by atoms with Gasteiger partial charge in [0.2, 0.25) is 0 Å². The molecular formula is C22H26ClFN4O4S. The molecule has 0 saturated heterocycles. The van der Waals surface area contributed by atoms with Gasteiger partial charge in [-0.2, -0.15) is 4.80 Å². The van der Waals surface area contributed by atoms with Gasteiger partial charge in [0.15, 0.2) is 21.4 Å². The number of benzene rings is 1. The number of ether oxygens (including phenoxy) is 1. The molecule has 0 N–H and O–H groups in total. The van der Waals surface area contributed by atoms with E-state index < -0.39 is 27.2 Å². The summed E-state index contributed by atoms with van der Waals surface area (Å²) < 4.78 is 43.5. The van der Waals surface area contributed by atoms with Crippen molar-refractivity contribution >= 4 is 27.2 Å². The molecule has 4 aliphatic carbocycles. The first kappa shape index (κ1) is 22.7. The molecule has 8 nitrogen and oxygen atoms in total. The number of aryl methyl sites for hydroxylation is 1. The summed E-state index contributed by atoms with van der Waals surface area (Å²) in [5.74, 6) is -0.513. The second kappa shape index (κ2) is 7.73. The largest absolute Gasteiger partial charge is 0.491 e. The summed E-state index contributed by atoms with van der Waals surface area (Å²) in [6.07, 6.45) is 7.13. The topological polar surface area (TPSA) is 104 Å². The molecule has 1 aromatic carbocycles. The number of aromatic nitrogens is 4. The van der Waals surface area contributed by atoms with E-state index >= 15 is 0 Å². The van der Waals surface area contributed by atoms with E-state index in [4.69, 9.17) is 16.3 Å². The number of sulfone groups is 1. The minimum absolute atomic E-state index is 0.0845. The summed E-state index contributed by atoms with van der Waals surface area (Å²) in [5, 5.41) is 13.0. The van der Waals surface area contributed by atoms with Gasteiger partial charge in [-0.3, -0.25) is 4.79 Å². The van der Waals surface area contributed by atoms with Crippen molar-refractivity contribution in [1.82, 2.24) is 20.2 Å². The van der Waals surface area contributed by atoms with Gasteiger partial charge in [-0.25, -0.2) is 12.8 Å². The van der Waals surface area contributed by atoms with Gasteiger partial charge in [0.05, 0.1) is 22.7 Å². The lowest BCUT2D eigenvalue weighted by molar-refractivity contribution is -0.126. The Bertz CT molecular complexity index is 1220. The highest BCUT2D eigenvalue weighted by Crippen LogP contribution is 2.64. The first-order valence-electron chi connectivity index (χ1n) is 11.1. The zero-order valence-corrected chi connectivity index (χ0v) is 20.1. The normalized spacial score (nSPS) is 30.5. The molecule has 2 aromatic rings. The fourth-order valence-electron chi connectivity index (χ4n) is 6.69. The quantitative estimate of drug-likeness (QED) is 0.541. The highest BCUT2D eigenvalue weighted by atomic mass is 35.5. The van der Waals surface area contributed by atoms with Crippen LogP contribution in [0.2, 0.25) is 5.02 Å². The van der Waals surface area contributed by atoms with Gasteiger partial charge in [0.1, 0.15) is 17.3 Å². The number of tetrazole rings is 1. The van der Waals surface area contributed by atoms with E-state index in [1.54, 1.807) is 0 Å². The predicted octanol–water partition coefficient (Wildman–Crippen LogP) is 3.38. The number of ketones is 1. The van der Waals surface area contributed by atoms with E-state index in [-0.39, 0.29) is 27.3 Å². The lowest BCUT2D eigenvalue weighted by Crippen LogP contribution is -2.58. The van der Waals surface area contributed by atoms with Gasteiger partial charge in [-0.05, 0) is 68.6 Å². The summed E-state index contributed by atoms with van der Waals surface area (Å²) in [5.41, 5.74) is -0.596. The summed E-state index contributed by atoms with van der Waals surface area (Å²) in [7, 11) is -3.58. The molecule has 4 fully saturated rings. The highest BCUT2D eigenvalue weighted by molar-refractivity contribution is 7.91. The maximum absolute atomic E-state index is 14.6. The molecule has 2 atom stereocenters. The Hall–Kier alpha value is -2.07. The molecule has 1 heterocycles. The Morgan fingerprint density at radius 3 is 2.58 bits per heavy atom. The van der Waals surface area contributed by atoms with Crippen molar-refractivity contribution in [3.05, 3.63) is 34.4 Å². The number of nitrogens with zero attached hydrogens (tertiary/aromatic N) is 4. The monoisotopic (exact) mass is 496 g/mol. The maximum Gasteiger partial charge on any atom is 0.180 e. The molecule has 11 heteroatoms. The molecule has 4 bridgehead atoms. The van der Waals surface area contributed by atoms with Crippen molar-refractivity contribution in [3.8, 4) is 5.75 Å². The van der Waals surface area contributed by atoms with E-state index in [2.05, 4.69) is 15.4 Å². The Morgan fingerprint density at radius 1 is 1.27 bits per heavy atom. The van der Waals surface area contributed by atoms with Crippen molar-refractivity contribution in [2.45, 2.75) is 51.0 Å². The molecule has 0 aliphatic heterocycles. The Labute approximate surface area is 196 Å². The molecule has 6 rings (SSSR count). The van der Waals surface area contributed by atoms with Crippen LogP contribution in [0.3, 0.4) is 0 Å². The van der Waals surface area contributed by atoms with Crippen molar-refractivity contribution < 1.29 is 22.3 Å². The molecule has 2 unspecified atom stereocenters. The van der Waals surface area contributed by atoms with E-state index in [0.717, 1.165) is 50.5 Å². The Morgan fingerprint density at radius 2 is 1.97 bits per heavy atom. The number of carbonyl (C=O) groups excluding carboxylic acids is 1. The van der Waals surface area contributed by atoms with Gasteiger partial charge in [0.25, 0.3) is 0 Å². The van der Waals surface area contributed by atoms with Crippen LogP contribution < -0.4 is 4.74 Å². The van der Waals surface area contributed by atoms with Crippen LogP contribution in [0.4, 0.5) is 4.39 Å². The molecule has 4 aliphatic rings. The fraction of sp³-hybridized carbons (Fsp3) is 0.636. The van der Waals surface area contributed by atoms with Crippen LogP contribution in [-0.4, -0.2) is 53.0 Å². The Balaban J connectivity index is 1.36. The average Bonchev–Trinajstić information content (AvgIpc) is 3.13. The molecule has 178 valence electrons. The van der Waals surface area contributed by atoms with E-state index in [0.29, 0.717) is 24.3 Å². The highest BCUT2D eigenvalue weighted by Gasteiger charge is 2.60. The number of hydrogen-bond donors (Lipinski definition) is 0. The van der Waals surface area contributed by atoms with Crippen molar-refractivity contribution in [2.24, 2.45) is 17.3 Å². The van der Waals surface area contributed by atoms with Crippen LogP contribution in [-0.2, 0) is 15.4 Å². The van der Waals surface area contributed by atoms with Gasteiger partial charge >= 0.3 is 0 Å². The number of halogens is 2. The van der Waals surface area contributed by atoms with Crippen LogP contribution >= 0.6 is 11.6 Å². The molecule has 33 heavy (non-hydrogen) atoms. The van der Waals surface area contributed by atoms with Crippen molar-refractivity contribution in [1.29, 1.82) is 0 Å². The zero-order chi connectivity index (χ0) is 23.6. The first-order valence-corrected chi connectivity index (χ1v) is 13.5. The zero-order valence-electron chi connectivity index (χ0n) is 18.6. The summed E-state index contributed by atoms with van der Waals surface area (Å²) in [6.45, 7) is 2.22. The number of hydrogen-bond acceptors (Lipinski definition) is 7. The van der Waals surface area contributed by atoms with Crippen molar-refractivity contribution in [2.75, 3.05) is 18.6 Å². The smallest absolute Gasteiger partial charge is 0.180 e. The summed E-state index contributed by atoms with van der Waals surface area (Å²) in [6, 6.07) is 2.24. The maximum atomic E-state index is 14.6. The van der Waals surface area contributed by atoms with Crippen LogP contribution in [0.15, 0.2) is 12.1 Å². The van der Waals surface area contributed by atoms with E-state index in [1.807, 2.05) is 11.7 Å². The van der Waals surface area contributed by atoms with E-state index in [9.17, 15) is 17.6 Å². The van der Waals surface area contributed by atoms with Crippen molar-refractivity contribution in [3.63, 3.8) is 0 Å². The number of carbonyl (C=O) groups is 1. The lowest BCUT2D eigenvalue weighted by atomic mass is 9.47. The second-order valence-corrected chi connectivity index (χ2v) is 12.9. The summed E-state index contributed by atoms with van der Waals surface area (Å²) in [4.78, 5) is 14.0. The van der Waals surface area contributed by atoms with Crippen LogP contribution in [0.1, 0.15) is 54.7 Å². The first-order chi connectivity index (χ1) is 15.5. The Kier molecular flexibility index (Phi) is 5.32. The molecule has 0 spiro atoms. The lowest BCUT2D eigenvalue weighted by Gasteiger charge is -2.60. The average molecular weight is 497 g/mol. The minimum Gasteiger partial charge on any atom is -0.491 e. The third kappa shape index (κ3) is 4.27. The second-order valence-electron chi connectivity index (χ2n) is 10.4. The van der Waals surface area contributed by atoms with Gasteiger partial charge in [-0.1, -0.05) is 11.6 Å². The third-order valence-corrected chi connectivity index (χ3v) is 8.42. The van der Waals surface area contributed by atoms with Crippen LogP contribution in [0, 0.1) is 30.0 Å². The predicted molar refractivity (Wildman–Crippen MR) is 119 cm³/mol. The molecular weight excluding hydrogens is 471 g/mol. The third-order valence-electron chi connectivity index (χ3n) is 7.34. The van der Waals surface area contributed by atoms with Gasteiger partial charge < -0.3 is 4.74 Å². The number of rotatable bonds is 7. The SMILES string of the molecule is Cc1nnn(C23CC4CC(CC(COc5cc(F)c(C(=O)CS(C)(=O)=O)cc5Cl)(C4)C2)C3)n1.